The van der Waals surface area contributed by atoms with E-state index in [-0.39, 0.29) is 0 Å². The molecule has 0 saturated carbocycles. The Morgan fingerprint density at radius 1 is 0.464 bits per heavy atom. The van der Waals surface area contributed by atoms with Crippen molar-refractivity contribution >= 4 is 56.4 Å². The Morgan fingerprint density at radius 2 is 0.643 bits per heavy atom. The summed E-state index contributed by atoms with van der Waals surface area (Å²) in [4.78, 5) is 24.5. The topological polar surface area (TPSA) is 75.4 Å². The minimum absolute atomic E-state index is 1.03. The lowest BCUT2D eigenvalue weighted by atomic mass is 10.8. The van der Waals surface area contributed by atoms with E-state index in [1.54, 1.807) is 0 Å². The maximum Gasteiger partial charge on any atom is 0.271 e. The van der Waals surface area contributed by atoms with Crippen molar-refractivity contribution < 1.29 is 0 Å². The molecule has 13 heteroatoms. The number of nitrogens with one attached hydrogen (secondary N) is 6. The summed E-state index contributed by atoms with van der Waals surface area (Å²) in [6, 6.07) is 0. The van der Waals surface area contributed by atoms with E-state index < -0.39 is 25.7 Å². The zero-order chi connectivity index (χ0) is 21.7. The Labute approximate surface area is 187 Å². The summed E-state index contributed by atoms with van der Waals surface area (Å²) in [5.41, 5.74) is 3.90. The van der Waals surface area contributed by atoms with E-state index >= 15 is 0 Å². The zero-order valence-electron chi connectivity index (χ0n) is 20.3. The summed E-state index contributed by atoms with van der Waals surface area (Å²) < 4.78 is 3.10. The van der Waals surface area contributed by atoms with Crippen molar-refractivity contribution in [3.8, 4) is 0 Å². The Bertz CT molecular complexity index is 332. The van der Waals surface area contributed by atoms with E-state index in [0.717, 1.165) is 39.3 Å². The molecule has 28 heavy (non-hydrogen) atoms. The molecular weight excluding hydrogens is 447 g/mol. The Morgan fingerprint density at radius 3 is 0.750 bits per heavy atom. The number of nitrogens with zero attached hydrogens (tertiary/aromatic N) is 1. The maximum atomic E-state index is 4.09. The van der Waals surface area contributed by atoms with E-state index in [2.05, 4.69) is 75.3 Å². The summed E-state index contributed by atoms with van der Waals surface area (Å²) in [7, 11) is -2.51. The first-order valence-electron chi connectivity index (χ1n) is 11.7. The first-order valence-corrected chi connectivity index (χ1v) is 22.4. The molecular formula is C15H51N7Si6. The van der Waals surface area contributed by atoms with E-state index in [9.17, 15) is 0 Å². The van der Waals surface area contributed by atoms with Gasteiger partial charge in [0.05, 0.1) is 0 Å². The SMILES string of the molecule is CCN[Si](C[SiH3])(NCC)N([Si](C[SiH3])(NCC)NCC)[Si](C[SiH3])(NCC)NCC. The van der Waals surface area contributed by atoms with Gasteiger partial charge >= 0.3 is 0 Å². The predicted molar refractivity (Wildman–Crippen MR) is 145 cm³/mol. The third-order valence-corrected chi connectivity index (χ3v) is 32.6. The van der Waals surface area contributed by atoms with Gasteiger partial charge in [-0.1, -0.05) is 41.5 Å². The van der Waals surface area contributed by atoms with Gasteiger partial charge in [-0.2, -0.15) is 0 Å². The molecule has 7 nitrogen and oxygen atoms in total. The van der Waals surface area contributed by atoms with Gasteiger partial charge in [-0.3, -0.25) is 3.90 Å². The second-order valence-corrected chi connectivity index (χ2v) is 25.6. The minimum atomic E-state index is -2.05. The third-order valence-electron chi connectivity index (χ3n) is 5.50. The molecule has 0 spiro atoms. The molecule has 0 amide bonds. The average molecular weight is 498 g/mol. The quantitative estimate of drug-likeness (QED) is 0.111. The fourth-order valence-electron chi connectivity index (χ4n) is 4.62. The normalized spacial score (nSPS) is 13.8. The number of rotatable bonds is 18. The summed E-state index contributed by atoms with van der Waals surface area (Å²) in [6.45, 7) is 19.9. The second-order valence-electron chi connectivity index (χ2n) is 7.16. The Hall–Kier alpha value is 1.02. The molecule has 0 aromatic carbocycles. The smallest absolute Gasteiger partial charge is 0.271 e. The fourth-order valence-corrected chi connectivity index (χ4v) is 38.4. The molecule has 0 aromatic rings. The fraction of sp³-hybridized carbons (Fsp3) is 1.00. The highest BCUT2D eigenvalue weighted by Gasteiger charge is 2.59. The average Bonchev–Trinajstić information content (AvgIpc) is 2.68. The molecule has 0 aliphatic carbocycles. The van der Waals surface area contributed by atoms with Crippen molar-refractivity contribution in [3.05, 3.63) is 0 Å². The molecule has 0 aliphatic rings. The zero-order valence-corrected chi connectivity index (χ0v) is 29.3. The Kier molecular flexibility index (Phi) is 15.5. The van der Waals surface area contributed by atoms with Crippen molar-refractivity contribution in [2.45, 2.75) is 58.5 Å². The van der Waals surface area contributed by atoms with Crippen LogP contribution in [-0.2, 0) is 0 Å². The first-order chi connectivity index (χ1) is 13.4. The largest absolute Gasteiger partial charge is 0.314 e. The van der Waals surface area contributed by atoms with Crippen LogP contribution in [0.4, 0.5) is 0 Å². The molecule has 0 bridgehead atoms. The van der Waals surface area contributed by atoms with Gasteiger partial charge in [-0.15, -0.1) is 0 Å². The molecule has 0 aliphatic heterocycles. The van der Waals surface area contributed by atoms with Crippen molar-refractivity contribution in [2.24, 2.45) is 0 Å². The monoisotopic (exact) mass is 497 g/mol. The number of hydrogen-bond acceptors (Lipinski definition) is 7. The van der Waals surface area contributed by atoms with Crippen molar-refractivity contribution in [1.29, 1.82) is 0 Å². The summed E-state index contributed by atoms with van der Waals surface area (Å²) in [5, 5.41) is 0. The molecule has 0 aromatic heterocycles. The first kappa shape index (κ1) is 29.0. The van der Waals surface area contributed by atoms with Gasteiger partial charge in [0.25, 0.3) is 25.7 Å². The van der Waals surface area contributed by atoms with E-state index in [1.807, 2.05) is 0 Å². The van der Waals surface area contributed by atoms with E-state index in [0.29, 0.717) is 0 Å². The predicted octanol–water partition coefficient (Wildman–Crippen LogP) is -3.27. The second kappa shape index (κ2) is 14.9. The van der Waals surface area contributed by atoms with Crippen LogP contribution in [0.15, 0.2) is 0 Å². The van der Waals surface area contributed by atoms with Crippen molar-refractivity contribution in [3.63, 3.8) is 0 Å². The summed E-state index contributed by atoms with van der Waals surface area (Å²) >= 11 is 0. The van der Waals surface area contributed by atoms with Gasteiger partial charge in [0.2, 0.25) is 0 Å². The molecule has 0 radical (unpaired) electrons. The standard InChI is InChI=1S/C15H51N7Si6/c1-7-16-26(13-23,17-8-2)22(27(14-24,18-9-3)19-10-4)28(15-25,20-11-5)21-12-6/h16-21H,7-15H2,1-6,23-25H3. The van der Waals surface area contributed by atoms with Crippen LogP contribution in [0, 0.1) is 0 Å². The Balaban J connectivity index is 6.92. The highest BCUT2D eigenvalue weighted by atomic mass is 28.5. The number of hydrogen-bond donors (Lipinski definition) is 6. The van der Waals surface area contributed by atoms with Crippen LogP contribution in [0.3, 0.4) is 0 Å². The van der Waals surface area contributed by atoms with Gasteiger partial charge in [0, 0.05) is 30.7 Å². The molecule has 0 rings (SSSR count). The maximum absolute atomic E-state index is 4.09. The van der Waals surface area contributed by atoms with Crippen LogP contribution < -0.4 is 29.9 Å². The van der Waals surface area contributed by atoms with Crippen molar-refractivity contribution in [1.82, 2.24) is 33.8 Å². The van der Waals surface area contributed by atoms with Gasteiger partial charge in [0.1, 0.15) is 0 Å². The lowest BCUT2D eigenvalue weighted by Gasteiger charge is -2.59. The van der Waals surface area contributed by atoms with E-state index in [1.165, 1.54) is 47.7 Å². The van der Waals surface area contributed by atoms with Crippen LogP contribution in [-0.4, -0.2) is 99.6 Å². The van der Waals surface area contributed by atoms with Crippen molar-refractivity contribution in [2.75, 3.05) is 39.3 Å². The lowest BCUT2D eigenvalue weighted by molar-refractivity contribution is 0.621. The van der Waals surface area contributed by atoms with Crippen LogP contribution in [0.1, 0.15) is 41.5 Å². The van der Waals surface area contributed by atoms with Gasteiger partial charge in [0.15, 0.2) is 0 Å². The molecule has 0 atom stereocenters. The highest BCUT2D eigenvalue weighted by molar-refractivity contribution is 7.05. The van der Waals surface area contributed by atoms with Crippen LogP contribution >= 0.6 is 0 Å². The molecule has 0 unspecified atom stereocenters. The highest BCUT2D eigenvalue weighted by Crippen LogP contribution is 2.25. The summed E-state index contributed by atoms with van der Waals surface area (Å²) in [5.74, 6) is 0. The third kappa shape index (κ3) is 6.76. The molecule has 0 saturated heterocycles. The van der Waals surface area contributed by atoms with Gasteiger partial charge in [-0.25, -0.2) is 0 Å². The minimum Gasteiger partial charge on any atom is -0.314 e. The van der Waals surface area contributed by atoms with Crippen LogP contribution in [0.25, 0.3) is 0 Å². The molecule has 170 valence electrons. The lowest BCUT2D eigenvalue weighted by Crippen LogP contribution is -2.96. The van der Waals surface area contributed by atoms with Crippen LogP contribution in [0.2, 0.25) is 17.0 Å². The molecule has 6 N–H and O–H groups in total. The van der Waals surface area contributed by atoms with Crippen LogP contribution in [0.5, 0.6) is 0 Å². The van der Waals surface area contributed by atoms with E-state index in [4.69, 9.17) is 0 Å². The molecule has 0 fully saturated rings. The molecule has 0 heterocycles. The van der Waals surface area contributed by atoms with Gasteiger partial charge < -0.3 is 29.9 Å². The summed E-state index contributed by atoms with van der Waals surface area (Å²) in [6.07, 6.45) is 0. The van der Waals surface area contributed by atoms with Gasteiger partial charge in [-0.05, 0) is 56.3 Å².